The van der Waals surface area contributed by atoms with Gasteiger partial charge in [0, 0.05) is 40.6 Å². The fraction of sp³-hybridized carbons (Fsp3) is 0.583. The number of rotatable bonds is 5. The zero-order valence-electron chi connectivity index (χ0n) is 11.7. The van der Waals surface area contributed by atoms with Gasteiger partial charge in [0.1, 0.15) is 10.7 Å². The molecule has 0 bridgehead atoms. The van der Waals surface area contributed by atoms with E-state index >= 15 is 0 Å². The molecule has 2 atom stereocenters. The number of methoxy groups -OCH3 is 2. The van der Waals surface area contributed by atoms with Gasteiger partial charge in [0.25, 0.3) is 0 Å². The van der Waals surface area contributed by atoms with Crippen LogP contribution in [0.3, 0.4) is 0 Å². The molecule has 1 N–H and O–H groups in total. The smallest absolute Gasteiger partial charge is 0.246 e. The van der Waals surface area contributed by atoms with Crippen molar-refractivity contribution in [3.8, 4) is 0 Å². The minimum absolute atomic E-state index is 0.161. The number of ether oxygens (including phenoxy) is 2. The Kier molecular flexibility index (Phi) is 4.59. The van der Waals surface area contributed by atoms with Crippen molar-refractivity contribution >= 4 is 15.8 Å². The van der Waals surface area contributed by atoms with Gasteiger partial charge in [-0.3, -0.25) is 0 Å². The highest BCUT2D eigenvalue weighted by Gasteiger charge is 2.40. The monoisotopic (exact) mass is 301 g/mol. The second-order valence-corrected chi connectivity index (χ2v) is 6.38. The quantitative estimate of drug-likeness (QED) is 0.834. The molecular formula is C12H19N3O4S. The highest BCUT2D eigenvalue weighted by atomic mass is 32.2. The first-order valence-electron chi connectivity index (χ1n) is 6.23. The van der Waals surface area contributed by atoms with Crippen LogP contribution in [0.1, 0.15) is 0 Å². The Morgan fingerprint density at radius 1 is 1.30 bits per heavy atom. The van der Waals surface area contributed by atoms with Gasteiger partial charge in [0.2, 0.25) is 10.0 Å². The fourth-order valence-corrected chi connectivity index (χ4v) is 3.90. The van der Waals surface area contributed by atoms with Crippen LogP contribution < -0.4 is 5.32 Å². The molecular weight excluding hydrogens is 282 g/mol. The highest BCUT2D eigenvalue weighted by molar-refractivity contribution is 7.89. The van der Waals surface area contributed by atoms with E-state index in [-0.39, 0.29) is 30.2 Å². The van der Waals surface area contributed by atoms with Gasteiger partial charge in [0.05, 0.1) is 12.2 Å². The highest BCUT2D eigenvalue weighted by Crippen LogP contribution is 2.27. The van der Waals surface area contributed by atoms with E-state index in [0.717, 1.165) is 0 Å². The SMILES string of the molecule is CNc1ncccc1S(=O)(=O)N1CC(OC)C(OC)C1. The van der Waals surface area contributed by atoms with E-state index < -0.39 is 10.0 Å². The van der Waals surface area contributed by atoms with Crippen LogP contribution in [0.15, 0.2) is 23.2 Å². The Morgan fingerprint density at radius 3 is 2.40 bits per heavy atom. The molecule has 0 aromatic carbocycles. The average molecular weight is 301 g/mol. The normalized spacial score (nSPS) is 23.9. The van der Waals surface area contributed by atoms with E-state index in [2.05, 4.69) is 10.3 Å². The molecule has 1 aromatic heterocycles. The lowest BCUT2D eigenvalue weighted by atomic mass is 10.3. The molecule has 0 spiro atoms. The summed E-state index contributed by atoms with van der Waals surface area (Å²) in [6, 6.07) is 3.14. The second-order valence-electron chi connectivity index (χ2n) is 4.47. The van der Waals surface area contributed by atoms with Crippen molar-refractivity contribution in [3.05, 3.63) is 18.3 Å². The van der Waals surface area contributed by atoms with E-state index in [1.165, 1.54) is 10.4 Å². The van der Waals surface area contributed by atoms with Gasteiger partial charge < -0.3 is 14.8 Å². The maximum Gasteiger partial charge on any atom is 0.246 e. The summed E-state index contributed by atoms with van der Waals surface area (Å²) in [7, 11) is 1.12. The predicted molar refractivity (Wildman–Crippen MR) is 74.1 cm³/mol. The molecule has 0 saturated carbocycles. The third-order valence-electron chi connectivity index (χ3n) is 3.41. The van der Waals surface area contributed by atoms with Crippen LogP contribution in [0.5, 0.6) is 0 Å². The molecule has 1 aliphatic heterocycles. The molecule has 20 heavy (non-hydrogen) atoms. The molecule has 2 heterocycles. The summed E-state index contributed by atoms with van der Waals surface area (Å²) in [5, 5.41) is 2.80. The number of anilines is 1. The second kappa shape index (κ2) is 6.04. The van der Waals surface area contributed by atoms with Crippen LogP contribution in [0.25, 0.3) is 0 Å². The number of nitrogens with one attached hydrogen (secondary N) is 1. The van der Waals surface area contributed by atoms with Gasteiger partial charge in [-0.25, -0.2) is 13.4 Å². The summed E-state index contributed by atoms with van der Waals surface area (Å²) in [4.78, 5) is 4.19. The van der Waals surface area contributed by atoms with Gasteiger partial charge in [0.15, 0.2) is 0 Å². The Balaban J connectivity index is 2.32. The van der Waals surface area contributed by atoms with E-state index in [0.29, 0.717) is 5.82 Å². The number of hydrogen-bond donors (Lipinski definition) is 1. The van der Waals surface area contributed by atoms with Crippen LogP contribution in [-0.4, -0.2) is 64.3 Å². The van der Waals surface area contributed by atoms with Crippen LogP contribution >= 0.6 is 0 Å². The maximum absolute atomic E-state index is 12.7. The Hall–Kier alpha value is -1.22. The number of pyridine rings is 1. The molecule has 2 unspecified atom stereocenters. The Bertz CT molecular complexity index is 552. The molecule has 2 rings (SSSR count). The van der Waals surface area contributed by atoms with E-state index in [4.69, 9.17) is 9.47 Å². The third kappa shape index (κ3) is 2.64. The summed E-state index contributed by atoms with van der Waals surface area (Å²) < 4.78 is 37.3. The molecule has 7 nitrogen and oxygen atoms in total. The van der Waals surface area contributed by atoms with Crippen LogP contribution in [0.2, 0.25) is 0 Å². The van der Waals surface area contributed by atoms with Crippen molar-refractivity contribution in [2.75, 3.05) is 39.7 Å². The van der Waals surface area contributed by atoms with Crippen LogP contribution in [0.4, 0.5) is 5.82 Å². The van der Waals surface area contributed by atoms with Crippen molar-refractivity contribution < 1.29 is 17.9 Å². The number of aromatic nitrogens is 1. The number of sulfonamides is 1. The van der Waals surface area contributed by atoms with Gasteiger partial charge in [-0.1, -0.05) is 0 Å². The predicted octanol–water partition coefficient (Wildman–Crippen LogP) is 0.158. The molecule has 8 heteroatoms. The minimum atomic E-state index is -3.62. The summed E-state index contributed by atoms with van der Waals surface area (Å²) in [6.45, 7) is 0.546. The fourth-order valence-electron chi connectivity index (χ4n) is 2.29. The van der Waals surface area contributed by atoms with Crippen LogP contribution in [0, 0.1) is 0 Å². The molecule has 1 saturated heterocycles. The Morgan fingerprint density at radius 2 is 1.90 bits per heavy atom. The van der Waals surface area contributed by atoms with Gasteiger partial charge >= 0.3 is 0 Å². The van der Waals surface area contributed by atoms with E-state index in [1.807, 2.05) is 0 Å². The Labute approximate surface area is 118 Å². The lowest BCUT2D eigenvalue weighted by Crippen LogP contribution is -2.30. The standard InChI is InChI=1S/C12H19N3O4S/c1-13-12-11(5-4-6-14-12)20(16,17)15-7-9(18-2)10(8-15)19-3/h4-6,9-10H,7-8H2,1-3H3,(H,13,14). The molecule has 0 amide bonds. The summed E-state index contributed by atoms with van der Waals surface area (Å²) in [5.74, 6) is 0.335. The third-order valence-corrected chi connectivity index (χ3v) is 5.28. The first-order valence-corrected chi connectivity index (χ1v) is 7.67. The van der Waals surface area contributed by atoms with Gasteiger partial charge in [-0.05, 0) is 12.1 Å². The number of hydrogen-bond acceptors (Lipinski definition) is 6. The molecule has 1 aromatic rings. The van der Waals surface area contributed by atoms with Crippen LogP contribution in [-0.2, 0) is 19.5 Å². The van der Waals surface area contributed by atoms with Crippen molar-refractivity contribution in [3.63, 3.8) is 0 Å². The van der Waals surface area contributed by atoms with E-state index in [1.54, 1.807) is 33.5 Å². The maximum atomic E-state index is 12.7. The molecule has 1 fully saturated rings. The molecule has 0 radical (unpaired) electrons. The summed E-state index contributed by atoms with van der Waals surface area (Å²) in [5.41, 5.74) is 0. The van der Waals surface area contributed by atoms with Crippen molar-refractivity contribution in [1.82, 2.24) is 9.29 Å². The molecule has 0 aliphatic carbocycles. The minimum Gasteiger partial charge on any atom is -0.377 e. The van der Waals surface area contributed by atoms with Crippen molar-refractivity contribution in [1.29, 1.82) is 0 Å². The first-order chi connectivity index (χ1) is 9.54. The zero-order chi connectivity index (χ0) is 14.8. The lowest BCUT2D eigenvalue weighted by molar-refractivity contribution is -0.00461. The average Bonchev–Trinajstić information content (AvgIpc) is 2.91. The van der Waals surface area contributed by atoms with E-state index in [9.17, 15) is 8.42 Å². The lowest BCUT2D eigenvalue weighted by Gasteiger charge is -2.17. The molecule has 112 valence electrons. The van der Waals surface area contributed by atoms with Crippen molar-refractivity contribution in [2.45, 2.75) is 17.1 Å². The van der Waals surface area contributed by atoms with Gasteiger partial charge in [-0.2, -0.15) is 4.31 Å². The summed E-state index contributed by atoms with van der Waals surface area (Å²) in [6.07, 6.45) is 1.03. The zero-order valence-corrected chi connectivity index (χ0v) is 12.6. The van der Waals surface area contributed by atoms with Gasteiger partial charge in [-0.15, -0.1) is 0 Å². The van der Waals surface area contributed by atoms with Crippen molar-refractivity contribution in [2.24, 2.45) is 0 Å². The summed E-state index contributed by atoms with van der Waals surface area (Å²) >= 11 is 0. The topological polar surface area (TPSA) is 80.8 Å². The number of nitrogens with zero attached hydrogens (tertiary/aromatic N) is 2. The first kappa shape index (κ1) is 15.2. The largest absolute Gasteiger partial charge is 0.377 e. The molecule has 1 aliphatic rings.